The average molecular weight is 244 g/mol. The van der Waals surface area contributed by atoms with E-state index < -0.39 is 0 Å². The summed E-state index contributed by atoms with van der Waals surface area (Å²) in [6.07, 6.45) is 1.74. The molecule has 0 saturated carbocycles. The van der Waals surface area contributed by atoms with Crippen LogP contribution in [0.1, 0.15) is 21.6 Å². The van der Waals surface area contributed by atoms with Crippen molar-refractivity contribution in [3.8, 4) is 0 Å². The Morgan fingerprint density at radius 2 is 2.22 bits per heavy atom. The smallest absolute Gasteiger partial charge is 0.272 e. The maximum Gasteiger partial charge on any atom is 0.272 e. The third kappa shape index (κ3) is 2.51. The third-order valence-corrected chi connectivity index (χ3v) is 2.87. The summed E-state index contributed by atoms with van der Waals surface area (Å²) in [6, 6.07) is 7.36. The van der Waals surface area contributed by atoms with Crippen LogP contribution in [0.5, 0.6) is 0 Å². The topological polar surface area (TPSA) is 72.9 Å². The molecule has 1 heterocycles. The van der Waals surface area contributed by atoms with Crippen LogP contribution < -0.4 is 11.1 Å². The molecule has 1 amide bonds. The van der Waals surface area contributed by atoms with Crippen LogP contribution in [-0.2, 0) is 13.6 Å². The van der Waals surface area contributed by atoms with Gasteiger partial charge in [-0.05, 0) is 30.2 Å². The number of nitrogens with two attached hydrogens (primary N) is 1. The van der Waals surface area contributed by atoms with Crippen molar-refractivity contribution in [1.82, 2.24) is 15.1 Å². The number of amides is 1. The number of hydrogen-bond acceptors (Lipinski definition) is 3. The Kier molecular flexibility index (Phi) is 3.32. The lowest BCUT2D eigenvalue weighted by molar-refractivity contribution is 0.0945. The van der Waals surface area contributed by atoms with Crippen molar-refractivity contribution in [2.45, 2.75) is 13.5 Å². The SMILES string of the molecule is Cc1c(N)cccc1CNC(=O)c1ccn(C)n1. The number of nitrogens with zero attached hydrogens (tertiary/aromatic N) is 2. The zero-order chi connectivity index (χ0) is 13.1. The summed E-state index contributed by atoms with van der Waals surface area (Å²) in [7, 11) is 1.78. The van der Waals surface area contributed by atoms with Crippen molar-refractivity contribution in [3.63, 3.8) is 0 Å². The Morgan fingerprint density at radius 1 is 1.44 bits per heavy atom. The van der Waals surface area contributed by atoms with Gasteiger partial charge in [0, 0.05) is 25.5 Å². The van der Waals surface area contributed by atoms with E-state index in [0.717, 1.165) is 16.8 Å². The summed E-state index contributed by atoms with van der Waals surface area (Å²) in [5.74, 6) is -0.183. The minimum absolute atomic E-state index is 0.183. The lowest BCUT2D eigenvalue weighted by Crippen LogP contribution is -2.24. The molecule has 18 heavy (non-hydrogen) atoms. The minimum Gasteiger partial charge on any atom is -0.399 e. The molecule has 1 aromatic carbocycles. The molecular weight excluding hydrogens is 228 g/mol. The van der Waals surface area contributed by atoms with Gasteiger partial charge in [-0.3, -0.25) is 9.48 Å². The number of rotatable bonds is 3. The lowest BCUT2D eigenvalue weighted by Gasteiger charge is -2.08. The maximum atomic E-state index is 11.8. The van der Waals surface area contributed by atoms with E-state index in [1.165, 1.54) is 0 Å². The van der Waals surface area contributed by atoms with Gasteiger partial charge in [0.25, 0.3) is 5.91 Å². The van der Waals surface area contributed by atoms with Gasteiger partial charge >= 0.3 is 0 Å². The highest BCUT2D eigenvalue weighted by atomic mass is 16.1. The number of carbonyl (C=O) groups excluding carboxylic acids is 1. The molecule has 0 bridgehead atoms. The summed E-state index contributed by atoms with van der Waals surface area (Å²) in [5, 5.41) is 6.87. The van der Waals surface area contributed by atoms with E-state index in [0.29, 0.717) is 12.2 Å². The van der Waals surface area contributed by atoms with Crippen LogP contribution in [0.25, 0.3) is 0 Å². The second-order valence-electron chi connectivity index (χ2n) is 4.19. The molecule has 2 rings (SSSR count). The second kappa shape index (κ2) is 4.91. The lowest BCUT2D eigenvalue weighted by atomic mass is 10.1. The molecule has 0 saturated heterocycles. The van der Waals surface area contributed by atoms with E-state index >= 15 is 0 Å². The molecular formula is C13H16N4O. The molecule has 94 valence electrons. The van der Waals surface area contributed by atoms with Crippen molar-refractivity contribution in [2.75, 3.05) is 5.73 Å². The zero-order valence-electron chi connectivity index (χ0n) is 10.5. The molecule has 0 aliphatic carbocycles. The van der Waals surface area contributed by atoms with Crippen molar-refractivity contribution < 1.29 is 4.79 Å². The van der Waals surface area contributed by atoms with Gasteiger partial charge in [-0.1, -0.05) is 12.1 Å². The number of nitrogens with one attached hydrogen (secondary N) is 1. The van der Waals surface area contributed by atoms with Crippen molar-refractivity contribution in [2.24, 2.45) is 7.05 Å². The van der Waals surface area contributed by atoms with E-state index in [4.69, 9.17) is 5.73 Å². The monoisotopic (exact) mass is 244 g/mol. The first-order valence-corrected chi connectivity index (χ1v) is 5.69. The molecule has 0 spiro atoms. The van der Waals surface area contributed by atoms with Gasteiger partial charge in [0.2, 0.25) is 0 Å². The predicted octanol–water partition coefficient (Wildman–Crippen LogP) is 1.24. The van der Waals surface area contributed by atoms with E-state index in [-0.39, 0.29) is 5.91 Å². The first-order chi connectivity index (χ1) is 8.58. The maximum absolute atomic E-state index is 11.8. The highest BCUT2D eigenvalue weighted by molar-refractivity contribution is 5.92. The van der Waals surface area contributed by atoms with Gasteiger partial charge in [0.05, 0.1) is 0 Å². The van der Waals surface area contributed by atoms with Gasteiger partial charge in [-0.2, -0.15) is 5.10 Å². The van der Waals surface area contributed by atoms with Crippen LogP contribution in [0.3, 0.4) is 0 Å². The number of anilines is 1. The van der Waals surface area contributed by atoms with E-state index in [1.54, 1.807) is 24.0 Å². The molecule has 0 fully saturated rings. The summed E-state index contributed by atoms with van der Waals surface area (Å²) >= 11 is 0. The van der Waals surface area contributed by atoms with Crippen LogP contribution in [0, 0.1) is 6.92 Å². The standard InChI is InChI=1S/C13H16N4O/c1-9-10(4-3-5-11(9)14)8-15-13(18)12-6-7-17(2)16-12/h3-7H,8,14H2,1-2H3,(H,15,18). The minimum atomic E-state index is -0.183. The van der Waals surface area contributed by atoms with Crippen LogP contribution in [0.4, 0.5) is 5.69 Å². The number of nitrogen functional groups attached to an aromatic ring is 1. The van der Waals surface area contributed by atoms with E-state index in [1.807, 2.05) is 25.1 Å². The van der Waals surface area contributed by atoms with Crippen molar-refractivity contribution in [1.29, 1.82) is 0 Å². The predicted molar refractivity (Wildman–Crippen MR) is 70.0 cm³/mol. The quantitative estimate of drug-likeness (QED) is 0.798. The average Bonchev–Trinajstić information content (AvgIpc) is 2.77. The number of benzene rings is 1. The van der Waals surface area contributed by atoms with E-state index in [9.17, 15) is 4.79 Å². The van der Waals surface area contributed by atoms with Gasteiger partial charge in [-0.15, -0.1) is 0 Å². The molecule has 3 N–H and O–H groups in total. The Balaban J connectivity index is 2.04. The number of hydrogen-bond donors (Lipinski definition) is 2. The fraction of sp³-hybridized carbons (Fsp3) is 0.231. The van der Waals surface area contributed by atoms with Crippen molar-refractivity contribution in [3.05, 3.63) is 47.3 Å². The molecule has 2 aromatic rings. The Bertz CT molecular complexity index is 574. The van der Waals surface area contributed by atoms with Crippen LogP contribution in [-0.4, -0.2) is 15.7 Å². The molecule has 1 aromatic heterocycles. The van der Waals surface area contributed by atoms with Gasteiger partial charge < -0.3 is 11.1 Å². The third-order valence-electron chi connectivity index (χ3n) is 2.87. The largest absolute Gasteiger partial charge is 0.399 e. The molecule has 0 atom stereocenters. The first-order valence-electron chi connectivity index (χ1n) is 5.69. The normalized spacial score (nSPS) is 10.3. The second-order valence-corrected chi connectivity index (χ2v) is 4.19. The zero-order valence-corrected chi connectivity index (χ0v) is 10.5. The highest BCUT2D eigenvalue weighted by Gasteiger charge is 2.09. The molecule has 0 unspecified atom stereocenters. The summed E-state index contributed by atoms with van der Waals surface area (Å²) < 4.78 is 1.60. The van der Waals surface area contributed by atoms with Crippen molar-refractivity contribution >= 4 is 11.6 Å². The van der Waals surface area contributed by atoms with Crippen LogP contribution in [0.2, 0.25) is 0 Å². The fourth-order valence-electron chi connectivity index (χ4n) is 1.70. The number of aryl methyl sites for hydroxylation is 1. The number of carbonyl (C=O) groups is 1. The number of aromatic nitrogens is 2. The molecule has 5 nitrogen and oxygen atoms in total. The van der Waals surface area contributed by atoms with Gasteiger partial charge in [-0.25, -0.2) is 0 Å². The molecule has 0 aliphatic heterocycles. The Morgan fingerprint density at radius 3 is 2.89 bits per heavy atom. The summed E-state index contributed by atoms with van der Waals surface area (Å²) in [5.41, 5.74) is 8.98. The van der Waals surface area contributed by atoms with Crippen LogP contribution in [0.15, 0.2) is 30.5 Å². The van der Waals surface area contributed by atoms with E-state index in [2.05, 4.69) is 10.4 Å². The van der Waals surface area contributed by atoms with Crippen LogP contribution >= 0.6 is 0 Å². The Labute approximate surface area is 106 Å². The summed E-state index contributed by atoms with van der Waals surface area (Å²) in [6.45, 7) is 2.39. The summed E-state index contributed by atoms with van der Waals surface area (Å²) in [4.78, 5) is 11.8. The van der Waals surface area contributed by atoms with Gasteiger partial charge in [0.1, 0.15) is 5.69 Å². The molecule has 5 heteroatoms. The highest BCUT2D eigenvalue weighted by Crippen LogP contribution is 2.15. The first kappa shape index (κ1) is 12.2. The molecule has 0 aliphatic rings. The fourth-order valence-corrected chi connectivity index (χ4v) is 1.70. The van der Waals surface area contributed by atoms with Gasteiger partial charge in [0.15, 0.2) is 0 Å². The molecule has 0 radical (unpaired) electrons. The Hall–Kier alpha value is -2.30.